The molecule has 2 rings (SSSR count). The molecule has 0 aliphatic rings. The van der Waals surface area contributed by atoms with E-state index in [2.05, 4.69) is 19.1 Å². The molecule has 70 valence electrons. The molecule has 0 amide bonds. The minimum Gasteiger partial charge on any atom is -0.297 e. The van der Waals surface area contributed by atoms with E-state index >= 15 is 0 Å². The molecule has 1 heterocycles. The van der Waals surface area contributed by atoms with E-state index < -0.39 is 0 Å². The highest BCUT2D eigenvalue weighted by Crippen LogP contribution is 2.27. The van der Waals surface area contributed by atoms with Crippen molar-refractivity contribution < 1.29 is 4.79 Å². The van der Waals surface area contributed by atoms with Gasteiger partial charge in [0.25, 0.3) is 0 Å². The Labute approximate surface area is 87.0 Å². The van der Waals surface area contributed by atoms with Gasteiger partial charge < -0.3 is 0 Å². The standard InChI is InChI=1S/C12H10OS/c1-9-4-2-3-5-12(9)10-6-11(7-13)14-8-10/h2-8H,1H3. The van der Waals surface area contributed by atoms with E-state index in [-0.39, 0.29) is 0 Å². The molecule has 0 spiro atoms. The zero-order chi connectivity index (χ0) is 9.97. The van der Waals surface area contributed by atoms with Crippen LogP contribution in [0, 0.1) is 6.92 Å². The maximum absolute atomic E-state index is 10.5. The van der Waals surface area contributed by atoms with Crippen molar-refractivity contribution >= 4 is 17.6 Å². The van der Waals surface area contributed by atoms with Gasteiger partial charge in [0.15, 0.2) is 6.29 Å². The molecule has 0 fully saturated rings. The van der Waals surface area contributed by atoms with Crippen molar-refractivity contribution in [1.29, 1.82) is 0 Å². The summed E-state index contributed by atoms with van der Waals surface area (Å²) in [4.78, 5) is 11.3. The number of aryl methyl sites for hydroxylation is 1. The normalized spacial score (nSPS) is 10.1. The van der Waals surface area contributed by atoms with Crippen LogP contribution in [0.15, 0.2) is 35.7 Å². The molecule has 0 aliphatic carbocycles. The summed E-state index contributed by atoms with van der Waals surface area (Å²) in [6, 6.07) is 10.1. The van der Waals surface area contributed by atoms with Crippen LogP contribution in [-0.2, 0) is 0 Å². The first-order chi connectivity index (χ1) is 6.81. The van der Waals surface area contributed by atoms with Crippen molar-refractivity contribution in [2.45, 2.75) is 6.92 Å². The Morgan fingerprint density at radius 2 is 2.07 bits per heavy atom. The first kappa shape index (κ1) is 9.16. The Morgan fingerprint density at radius 3 is 2.71 bits per heavy atom. The van der Waals surface area contributed by atoms with Gasteiger partial charge in [0.2, 0.25) is 0 Å². The van der Waals surface area contributed by atoms with E-state index in [0.29, 0.717) is 0 Å². The minimum atomic E-state index is 0.781. The average Bonchev–Trinajstić information content (AvgIpc) is 2.67. The van der Waals surface area contributed by atoms with Crippen LogP contribution in [0.3, 0.4) is 0 Å². The average molecular weight is 202 g/mol. The van der Waals surface area contributed by atoms with Crippen molar-refractivity contribution in [2.24, 2.45) is 0 Å². The third kappa shape index (κ3) is 1.61. The lowest BCUT2D eigenvalue weighted by atomic mass is 10.0. The maximum Gasteiger partial charge on any atom is 0.160 e. The van der Waals surface area contributed by atoms with E-state index in [9.17, 15) is 4.79 Å². The molecule has 0 N–H and O–H groups in total. The summed E-state index contributed by atoms with van der Waals surface area (Å²) in [5.41, 5.74) is 3.58. The number of benzene rings is 1. The molecule has 1 aromatic carbocycles. The Bertz CT molecular complexity index is 457. The Kier molecular flexibility index (Phi) is 2.46. The van der Waals surface area contributed by atoms with Gasteiger partial charge in [-0.3, -0.25) is 4.79 Å². The van der Waals surface area contributed by atoms with Crippen molar-refractivity contribution in [3.8, 4) is 11.1 Å². The molecule has 0 aliphatic heterocycles. The van der Waals surface area contributed by atoms with Gasteiger partial charge >= 0.3 is 0 Å². The summed E-state index contributed by atoms with van der Waals surface area (Å²) in [5.74, 6) is 0. The number of hydrogen-bond donors (Lipinski definition) is 0. The number of carbonyl (C=O) groups is 1. The maximum atomic E-state index is 10.5. The van der Waals surface area contributed by atoms with E-state index in [1.54, 1.807) is 0 Å². The second-order valence-electron chi connectivity index (χ2n) is 3.17. The third-order valence-electron chi connectivity index (χ3n) is 2.19. The lowest BCUT2D eigenvalue weighted by molar-refractivity contribution is 0.112. The monoisotopic (exact) mass is 202 g/mol. The molecule has 0 atom stereocenters. The number of aldehydes is 1. The molecule has 0 bridgehead atoms. The fraction of sp³-hybridized carbons (Fsp3) is 0.0833. The third-order valence-corrected chi connectivity index (χ3v) is 3.05. The summed E-state index contributed by atoms with van der Waals surface area (Å²) in [6.07, 6.45) is 0.895. The molecular weight excluding hydrogens is 192 g/mol. The first-order valence-corrected chi connectivity index (χ1v) is 5.29. The fourth-order valence-corrected chi connectivity index (χ4v) is 2.16. The molecule has 0 radical (unpaired) electrons. The minimum absolute atomic E-state index is 0.781. The molecule has 1 aromatic heterocycles. The van der Waals surface area contributed by atoms with E-state index in [1.807, 2.05) is 23.6 Å². The van der Waals surface area contributed by atoms with E-state index in [4.69, 9.17) is 0 Å². The van der Waals surface area contributed by atoms with Crippen LogP contribution in [0.25, 0.3) is 11.1 Å². The lowest BCUT2D eigenvalue weighted by Crippen LogP contribution is -1.78. The molecule has 0 unspecified atom stereocenters. The first-order valence-electron chi connectivity index (χ1n) is 4.41. The number of carbonyl (C=O) groups excluding carboxylic acids is 1. The molecule has 1 nitrogen and oxygen atoms in total. The van der Waals surface area contributed by atoms with Gasteiger partial charge in [0.1, 0.15) is 0 Å². The molecule has 0 saturated carbocycles. The summed E-state index contributed by atoms with van der Waals surface area (Å²) < 4.78 is 0. The summed E-state index contributed by atoms with van der Waals surface area (Å²) in [6.45, 7) is 2.08. The quantitative estimate of drug-likeness (QED) is 0.681. The van der Waals surface area contributed by atoms with Gasteiger partial charge in [-0.15, -0.1) is 11.3 Å². The van der Waals surface area contributed by atoms with Crippen LogP contribution in [-0.4, -0.2) is 6.29 Å². The van der Waals surface area contributed by atoms with Gasteiger partial charge in [-0.1, -0.05) is 24.3 Å². The van der Waals surface area contributed by atoms with Gasteiger partial charge in [0, 0.05) is 0 Å². The van der Waals surface area contributed by atoms with Crippen molar-refractivity contribution in [3.63, 3.8) is 0 Å². The van der Waals surface area contributed by atoms with Crippen LogP contribution in [0.1, 0.15) is 15.2 Å². The van der Waals surface area contributed by atoms with Crippen LogP contribution in [0.2, 0.25) is 0 Å². The van der Waals surface area contributed by atoms with Crippen LogP contribution >= 0.6 is 11.3 Å². The molecule has 2 heteroatoms. The van der Waals surface area contributed by atoms with Crippen molar-refractivity contribution in [1.82, 2.24) is 0 Å². The predicted octanol–water partition coefficient (Wildman–Crippen LogP) is 3.54. The van der Waals surface area contributed by atoms with Crippen LogP contribution in [0.4, 0.5) is 0 Å². The van der Waals surface area contributed by atoms with Crippen LogP contribution in [0.5, 0.6) is 0 Å². The van der Waals surface area contributed by atoms with Gasteiger partial charge in [-0.2, -0.15) is 0 Å². The highest BCUT2D eigenvalue weighted by molar-refractivity contribution is 7.12. The zero-order valence-electron chi connectivity index (χ0n) is 7.86. The summed E-state index contributed by atoms with van der Waals surface area (Å²) in [5, 5.41) is 2.02. The second-order valence-corrected chi connectivity index (χ2v) is 4.11. The fourth-order valence-electron chi connectivity index (χ4n) is 1.45. The van der Waals surface area contributed by atoms with Crippen molar-refractivity contribution in [3.05, 3.63) is 46.2 Å². The Hall–Kier alpha value is -1.41. The van der Waals surface area contributed by atoms with Crippen molar-refractivity contribution in [2.75, 3.05) is 0 Å². The highest BCUT2D eigenvalue weighted by Gasteiger charge is 2.03. The van der Waals surface area contributed by atoms with Crippen LogP contribution < -0.4 is 0 Å². The Morgan fingerprint density at radius 1 is 1.29 bits per heavy atom. The summed E-state index contributed by atoms with van der Waals surface area (Å²) in [7, 11) is 0. The SMILES string of the molecule is Cc1ccccc1-c1csc(C=O)c1. The Balaban J connectivity index is 2.49. The molecule has 0 saturated heterocycles. The van der Waals surface area contributed by atoms with E-state index in [1.165, 1.54) is 22.5 Å². The lowest BCUT2D eigenvalue weighted by Gasteiger charge is -2.01. The molecular formula is C12H10OS. The number of rotatable bonds is 2. The summed E-state index contributed by atoms with van der Waals surface area (Å²) >= 11 is 1.49. The second kappa shape index (κ2) is 3.76. The largest absolute Gasteiger partial charge is 0.297 e. The van der Waals surface area contributed by atoms with E-state index in [0.717, 1.165) is 16.7 Å². The highest BCUT2D eigenvalue weighted by atomic mass is 32.1. The predicted molar refractivity (Wildman–Crippen MR) is 59.9 cm³/mol. The van der Waals surface area contributed by atoms with Gasteiger partial charge in [0.05, 0.1) is 4.88 Å². The number of thiophene rings is 1. The molecule has 14 heavy (non-hydrogen) atoms. The van der Waals surface area contributed by atoms with Gasteiger partial charge in [-0.25, -0.2) is 0 Å². The zero-order valence-corrected chi connectivity index (χ0v) is 8.67. The smallest absolute Gasteiger partial charge is 0.160 e. The molecule has 2 aromatic rings. The number of hydrogen-bond acceptors (Lipinski definition) is 2. The topological polar surface area (TPSA) is 17.1 Å². The van der Waals surface area contributed by atoms with Gasteiger partial charge in [-0.05, 0) is 35.1 Å².